The Bertz CT molecular complexity index is 681. The van der Waals surface area contributed by atoms with E-state index in [0.29, 0.717) is 19.6 Å². The molecule has 1 aromatic heterocycles. The van der Waals surface area contributed by atoms with E-state index >= 15 is 0 Å². The van der Waals surface area contributed by atoms with E-state index in [1.807, 2.05) is 6.07 Å². The van der Waals surface area contributed by atoms with Crippen LogP contribution in [0, 0.1) is 5.92 Å². The maximum absolute atomic E-state index is 12.1. The van der Waals surface area contributed by atoms with Crippen molar-refractivity contribution in [3.63, 3.8) is 0 Å². The number of halogens is 1. The molecule has 0 radical (unpaired) electrons. The second-order valence-corrected chi connectivity index (χ2v) is 6.65. The summed E-state index contributed by atoms with van der Waals surface area (Å²) in [6.07, 6.45) is 2.76. The van der Waals surface area contributed by atoms with E-state index in [0.717, 1.165) is 42.4 Å². The Morgan fingerprint density at radius 2 is 2.08 bits per heavy atom. The molecule has 2 heterocycles. The lowest BCUT2D eigenvalue weighted by Crippen LogP contribution is -2.24. The number of nitrogens with one attached hydrogen (secondary N) is 3. The lowest BCUT2D eigenvalue weighted by molar-refractivity contribution is -0.120. The van der Waals surface area contributed by atoms with Crippen molar-refractivity contribution in [3.05, 3.63) is 52.8 Å². The molecular formula is C19H27ClN4O2. The molecule has 0 saturated carbocycles. The normalized spacial score (nSPS) is 16.3. The number of hydrogen-bond donors (Lipinski definition) is 3. The van der Waals surface area contributed by atoms with Crippen LogP contribution in [0.2, 0.25) is 0 Å². The molecular weight excluding hydrogens is 352 g/mol. The molecule has 2 aromatic rings. The van der Waals surface area contributed by atoms with Gasteiger partial charge in [-0.05, 0) is 49.0 Å². The number of methoxy groups -OCH3 is 1. The fraction of sp³-hybridized carbons (Fsp3) is 0.474. The smallest absolute Gasteiger partial charge is 0.224 e. The van der Waals surface area contributed by atoms with E-state index in [4.69, 9.17) is 4.74 Å². The van der Waals surface area contributed by atoms with Crippen LogP contribution in [-0.4, -0.2) is 36.3 Å². The van der Waals surface area contributed by atoms with Gasteiger partial charge in [0, 0.05) is 7.11 Å². The van der Waals surface area contributed by atoms with E-state index in [1.54, 1.807) is 7.11 Å². The van der Waals surface area contributed by atoms with Crippen LogP contribution in [0.4, 0.5) is 0 Å². The van der Waals surface area contributed by atoms with Gasteiger partial charge in [0.15, 0.2) is 0 Å². The molecule has 3 rings (SSSR count). The van der Waals surface area contributed by atoms with Crippen LogP contribution in [0.15, 0.2) is 30.3 Å². The highest BCUT2D eigenvalue weighted by atomic mass is 35.5. The summed E-state index contributed by atoms with van der Waals surface area (Å²) in [6.45, 7) is 3.16. The monoisotopic (exact) mass is 378 g/mol. The Kier molecular flexibility index (Phi) is 8.09. The number of rotatable bonds is 8. The zero-order valence-electron chi connectivity index (χ0n) is 15.1. The summed E-state index contributed by atoms with van der Waals surface area (Å²) in [7, 11) is 1.63. The second kappa shape index (κ2) is 10.3. The molecule has 6 nitrogen and oxygen atoms in total. The first kappa shape index (κ1) is 20.4. The maximum Gasteiger partial charge on any atom is 0.224 e. The molecule has 7 heteroatoms. The van der Waals surface area contributed by atoms with Crippen LogP contribution < -0.4 is 10.6 Å². The molecule has 1 unspecified atom stereocenters. The fourth-order valence-electron chi connectivity index (χ4n) is 3.18. The first-order valence-electron chi connectivity index (χ1n) is 8.80. The van der Waals surface area contributed by atoms with Crippen LogP contribution in [-0.2, 0) is 35.5 Å². The van der Waals surface area contributed by atoms with Gasteiger partial charge in [-0.3, -0.25) is 9.89 Å². The van der Waals surface area contributed by atoms with Gasteiger partial charge in [-0.15, -0.1) is 12.4 Å². The number of H-pyrrole nitrogens is 1. The molecule has 1 amide bonds. The zero-order chi connectivity index (χ0) is 17.5. The quantitative estimate of drug-likeness (QED) is 0.656. The van der Waals surface area contributed by atoms with Gasteiger partial charge in [-0.1, -0.05) is 24.3 Å². The van der Waals surface area contributed by atoms with Gasteiger partial charge in [0.1, 0.15) is 0 Å². The van der Waals surface area contributed by atoms with E-state index < -0.39 is 0 Å². The largest absolute Gasteiger partial charge is 0.378 e. The lowest BCUT2D eigenvalue weighted by Gasteiger charge is -2.09. The number of nitrogens with zero attached hydrogens (tertiary/aromatic N) is 1. The topological polar surface area (TPSA) is 79.0 Å². The van der Waals surface area contributed by atoms with Gasteiger partial charge in [0.05, 0.1) is 31.0 Å². The first-order chi connectivity index (χ1) is 12.2. The molecule has 1 aromatic carbocycles. The van der Waals surface area contributed by atoms with Crippen molar-refractivity contribution in [1.82, 2.24) is 20.8 Å². The number of carbonyl (C=O) groups is 1. The Morgan fingerprint density at radius 1 is 1.31 bits per heavy atom. The highest BCUT2D eigenvalue weighted by Gasteiger charge is 2.14. The molecule has 1 saturated heterocycles. The van der Waals surface area contributed by atoms with Crippen molar-refractivity contribution < 1.29 is 9.53 Å². The van der Waals surface area contributed by atoms with Crippen LogP contribution in [0.5, 0.6) is 0 Å². The average Bonchev–Trinajstić information content (AvgIpc) is 3.27. The minimum Gasteiger partial charge on any atom is -0.378 e. The number of ether oxygens (including phenoxy) is 1. The second-order valence-electron chi connectivity index (χ2n) is 6.65. The average molecular weight is 379 g/mol. The van der Waals surface area contributed by atoms with Crippen LogP contribution >= 0.6 is 12.4 Å². The van der Waals surface area contributed by atoms with Crippen molar-refractivity contribution in [1.29, 1.82) is 0 Å². The molecule has 0 spiro atoms. The minimum absolute atomic E-state index is 0. The third-order valence-corrected chi connectivity index (χ3v) is 4.53. The molecule has 0 aliphatic carbocycles. The van der Waals surface area contributed by atoms with Crippen molar-refractivity contribution in [2.75, 3.05) is 20.2 Å². The molecule has 1 aliphatic heterocycles. The first-order valence-corrected chi connectivity index (χ1v) is 8.80. The SMILES string of the molecule is COCc1cc(CNC(=O)Cc2ccc(CC3CCNC3)cc2)[nH]n1.Cl. The van der Waals surface area contributed by atoms with Gasteiger partial charge >= 0.3 is 0 Å². The molecule has 0 bridgehead atoms. The highest BCUT2D eigenvalue weighted by molar-refractivity contribution is 5.85. The lowest BCUT2D eigenvalue weighted by atomic mass is 9.97. The maximum atomic E-state index is 12.1. The Balaban J connectivity index is 0.00000243. The van der Waals surface area contributed by atoms with E-state index in [1.165, 1.54) is 12.0 Å². The fourth-order valence-corrected chi connectivity index (χ4v) is 3.18. The zero-order valence-corrected chi connectivity index (χ0v) is 15.9. The number of aromatic amines is 1. The van der Waals surface area contributed by atoms with Crippen molar-refractivity contribution in [2.45, 2.75) is 32.4 Å². The molecule has 1 aliphatic rings. The van der Waals surface area contributed by atoms with Crippen LogP contribution in [0.25, 0.3) is 0 Å². The standard InChI is InChI=1S/C19H26N4O2.ClH/c1-25-13-18-10-17(22-23-18)12-21-19(24)9-15-4-2-14(3-5-15)8-16-6-7-20-11-16;/h2-5,10,16,20H,6-9,11-13H2,1H3,(H,21,24)(H,22,23);1H. The third-order valence-electron chi connectivity index (χ3n) is 4.53. The highest BCUT2D eigenvalue weighted by Crippen LogP contribution is 2.16. The van der Waals surface area contributed by atoms with Gasteiger partial charge in [0.2, 0.25) is 5.91 Å². The molecule has 1 atom stereocenters. The number of benzene rings is 1. The van der Waals surface area contributed by atoms with E-state index in [2.05, 4.69) is 45.1 Å². The summed E-state index contributed by atoms with van der Waals surface area (Å²) in [5, 5.41) is 13.3. The summed E-state index contributed by atoms with van der Waals surface area (Å²) in [5.74, 6) is 0.752. The van der Waals surface area contributed by atoms with Gasteiger partial charge in [-0.2, -0.15) is 5.10 Å². The predicted octanol–water partition coefficient (Wildman–Crippen LogP) is 1.99. The Hall–Kier alpha value is -1.89. The number of hydrogen-bond acceptors (Lipinski definition) is 4. The molecule has 1 fully saturated rings. The van der Waals surface area contributed by atoms with Crippen LogP contribution in [0.3, 0.4) is 0 Å². The summed E-state index contributed by atoms with van der Waals surface area (Å²) in [6, 6.07) is 10.3. The Morgan fingerprint density at radius 3 is 2.77 bits per heavy atom. The van der Waals surface area contributed by atoms with Crippen LogP contribution in [0.1, 0.15) is 28.9 Å². The summed E-state index contributed by atoms with van der Waals surface area (Å²) in [4.78, 5) is 12.1. The minimum atomic E-state index is 0. The summed E-state index contributed by atoms with van der Waals surface area (Å²) in [5.41, 5.74) is 4.09. The van der Waals surface area contributed by atoms with Crippen molar-refractivity contribution >= 4 is 18.3 Å². The van der Waals surface area contributed by atoms with Gasteiger partial charge in [0.25, 0.3) is 0 Å². The number of aromatic nitrogens is 2. The molecule has 3 N–H and O–H groups in total. The van der Waals surface area contributed by atoms with Crippen molar-refractivity contribution in [3.8, 4) is 0 Å². The summed E-state index contributed by atoms with van der Waals surface area (Å²) >= 11 is 0. The predicted molar refractivity (Wildman–Crippen MR) is 103 cm³/mol. The van der Waals surface area contributed by atoms with Gasteiger partial charge < -0.3 is 15.4 Å². The van der Waals surface area contributed by atoms with E-state index in [-0.39, 0.29) is 18.3 Å². The molecule has 26 heavy (non-hydrogen) atoms. The van der Waals surface area contributed by atoms with Gasteiger partial charge in [-0.25, -0.2) is 0 Å². The Labute approximate surface area is 160 Å². The number of amides is 1. The van der Waals surface area contributed by atoms with E-state index in [9.17, 15) is 4.79 Å². The molecule has 142 valence electrons. The summed E-state index contributed by atoms with van der Waals surface area (Å²) < 4.78 is 5.02. The third kappa shape index (κ3) is 6.12. The van der Waals surface area contributed by atoms with Crippen molar-refractivity contribution in [2.24, 2.45) is 5.92 Å². The number of carbonyl (C=O) groups excluding carboxylic acids is 1.